The molecule has 324 valence electrons. The summed E-state index contributed by atoms with van der Waals surface area (Å²) < 4.78 is 35.4. The van der Waals surface area contributed by atoms with Gasteiger partial charge in [-0.1, -0.05) is 43.7 Å². The monoisotopic (exact) mass is 827 g/mol. The van der Waals surface area contributed by atoms with Crippen LogP contribution in [0.25, 0.3) is 0 Å². The van der Waals surface area contributed by atoms with Crippen LogP contribution in [0.1, 0.15) is 99.4 Å². The Kier molecular flexibility index (Phi) is 12.4. The number of rotatable bonds is 9. The summed E-state index contributed by atoms with van der Waals surface area (Å²) in [4.78, 5) is 82.2. The number of Topliss-reactive ketones (excluding diaryl/α,β-unsaturated/α-hetero) is 1. The maximum atomic E-state index is 15.4. The first kappa shape index (κ1) is 45.4. The van der Waals surface area contributed by atoms with Crippen molar-refractivity contribution in [2.75, 3.05) is 6.61 Å². The number of aliphatic hydroxyl groups excluding tert-OH is 2. The molecule has 16 heteroatoms. The van der Waals surface area contributed by atoms with Gasteiger partial charge in [0, 0.05) is 32.1 Å². The molecule has 1 heterocycles. The van der Waals surface area contributed by atoms with Gasteiger partial charge in [0.05, 0.1) is 35.6 Å². The van der Waals surface area contributed by atoms with E-state index in [0.29, 0.717) is 5.57 Å². The van der Waals surface area contributed by atoms with Gasteiger partial charge in [-0.15, -0.1) is 0 Å². The number of nitrogens with one attached hydrogen (secondary N) is 1. The fourth-order valence-corrected chi connectivity index (χ4v) is 9.39. The van der Waals surface area contributed by atoms with Crippen molar-refractivity contribution in [1.82, 2.24) is 5.32 Å². The van der Waals surface area contributed by atoms with Gasteiger partial charge in [0.15, 0.2) is 23.6 Å². The molecule has 1 aliphatic heterocycles. The van der Waals surface area contributed by atoms with E-state index in [9.17, 15) is 39.3 Å². The third-order valence-electron chi connectivity index (χ3n) is 12.2. The number of ketones is 1. The number of alkyl carbamates (subject to hydrolysis) is 1. The second-order valence-corrected chi connectivity index (χ2v) is 18.0. The number of ether oxygens (including phenoxy) is 6. The Morgan fingerprint density at radius 3 is 2.12 bits per heavy atom. The molecule has 1 aromatic carbocycles. The van der Waals surface area contributed by atoms with Crippen LogP contribution in [0.3, 0.4) is 0 Å². The lowest BCUT2D eigenvalue weighted by Crippen LogP contribution is -2.82. The van der Waals surface area contributed by atoms with E-state index in [-0.39, 0.29) is 29.7 Å². The van der Waals surface area contributed by atoms with Gasteiger partial charge >= 0.3 is 30.0 Å². The molecule has 3 fully saturated rings. The van der Waals surface area contributed by atoms with Crippen LogP contribution in [0, 0.1) is 16.7 Å². The molecule has 11 atom stereocenters. The van der Waals surface area contributed by atoms with Crippen LogP contribution >= 0.6 is 0 Å². The first-order valence-corrected chi connectivity index (χ1v) is 19.6. The zero-order valence-electron chi connectivity index (χ0n) is 35.4. The molecule has 0 spiro atoms. The number of carbonyl (C=O) groups excluding carboxylic acids is 6. The minimum Gasteiger partial charge on any atom is -0.456 e. The van der Waals surface area contributed by atoms with Gasteiger partial charge in [0.2, 0.25) is 0 Å². The largest absolute Gasteiger partial charge is 0.456 e. The number of carbonyl (C=O) groups is 6. The van der Waals surface area contributed by atoms with E-state index in [0.717, 1.165) is 13.8 Å². The Morgan fingerprint density at radius 1 is 0.966 bits per heavy atom. The van der Waals surface area contributed by atoms with Crippen molar-refractivity contribution in [1.29, 1.82) is 0 Å². The van der Waals surface area contributed by atoms with Crippen molar-refractivity contribution in [3.63, 3.8) is 0 Å². The van der Waals surface area contributed by atoms with Crippen molar-refractivity contribution >= 4 is 35.8 Å². The zero-order chi connectivity index (χ0) is 44.2. The molecule has 0 radical (unpaired) electrons. The highest BCUT2D eigenvalue weighted by molar-refractivity contribution is 5.95. The van der Waals surface area contributed by atoms with E-state index in [1.165, 1.54) is 32.1 Å². The van der Waals surface area contributed by atoms with Gasteiger partial charge < -0.3 is 49.1 Å². The van der Waals surface area contributed by atoms with E-state index in [4.69, 9.17) is 28.4 Å². The fourth-order valence-electron chi connectivity index (χ4n) is 9.39. The highest BCUT2D eigenvalue weighted by Gasteiger charge is 2.78. The van der Waals surface area contributed by atoms with Gasteiger partial charge in [-0.05, 0) is 71.7 Å². The second-order valence-electron chi connectivity index (χ2n) is 18.0. The van der Waals surface area contributed by atoms with Crippen molar-refractivity contribution in [2.45, 2.75) is 148 Å². The number of benzene rings is 1. The minimum absolute atomic E-state index is 0.00683. The van der Waals surface area contributed by atoms with Crippen LogP contribution in [0.2, 0.25) is 0 Å². The van der Waals surface area contributed by atoms with E-state index < -0.39 is 118 Å². The maximum absolute atomic E-state index is 15.4. The van der Waals surface area contributed by atoms with Crippen LogP contribution in [0.5, 0.6) is 0 Å². The third kappa shape index (κ3) is 8.16. The smallest absolute Gasteiger partial charge is 0.408 e. The molecular weight excluding hydrogens is 770 g/mol. The summed E-state index contributed by atoms with van der Waals surface area (Å²) in [5, 5.41) is 39.5. The van der Waals surface area contributed by atoms with Crippen LogP contribution in [-0.4, -0.2) is 117 Å². The lowest BCUT2D eigenvalue weighted by Gasteiger charge is -2.67. The highest BCUT2D eigenvalue weighted by atomic mass is 16.6. The Bertz CT molecular complexity index is 1930. The molecule has 1 saturated heterocycles. The van der Waals surface area contributed by atoms with Crippen molar-refractivity contribution < 1.29 is 72.5 Å². The molecule has 3 aliphatic carbocycles. The van der Waals surface area contributed by atoms with Gasteiger partial charge in [0.1, 0.15) is 29.5 Å². The highest BCUT2D eigenvalue weighted by Crippen LogP contribution is 2.64. The zero-order valence-corrected chi connectivity index (χ0v) is 35.4. The average Bonchev–Trinajstić information content (AvgIpc) is 3.11. The molecular formula is C43H57NO15. The summed E-state index contributed by atoms with van der Waals surface area (Å²) in [7, 11) is 0. The van der Waals surface area contributed by atoms with Crippen molar-refractivity contribution in [3.8, 4) is 0 Å². The fraction of sp³-hybridized carbons (Fsp3) is 0.628. The number of allylic oxidation sites excluding steroid dienone is 1. The molecule has 2 bridgehead atoms. The quantitative estimate of drug-likeness (QED) is 0.159. The summed E-state index contributed by atoms with van der Waals surface area (Å²) in [6.07, 6.45) is -9.98. The second kappa shape index (κ2) is 16.1. The molecule has 4 aliphatic rings. The number of esters is 4. The average molecular weight is 828 g/mol. The maximum Gasteiger partial charge on any atom is 0.408 e. The van der Waals surface area contributed by atoms with Crippen LogP contribution in [0.4, 0.5) is 4.79 Å². The first-order valence-electron chi connectivity index (χ1n) is 19.6. The molecule has 16 nitrogen and oxygen atoms in total. The summed E-state index contributed by atoms with van der Waals surface area (Å²) in [6.45, 7) is 16.2. The first-order chi connectivity index (χ1) is 27.2. The molecule has 5 rings (SSSR count). The molecule has 0 aromatic heterocycles. The molecule has 1 amide bonds. The molecule has 4 N–H and O–H groups in total. The number of hydrogen-bond acceptors (Lipinski definition) is 15. The summed E-state index contributed by atoms with van der Waals surface area (Å²) in [5.41, 5.74) is -7.91. The van der Waals surface area contributed by atoms with Gasteiger partial charge in [-0.2, -0.15) is 0 Å². The topological polar surface area (TPSA) is 231 Å². The lowest BCUT2D eigenvalue weighted by atomic mass is 9.44. The number of fused-ring (bicyclic) bond motifs is 5. The van der Waals surface area contributed by atoms with Crippen molar-refractivity contribution in [2.24, 2.45) is 16.7 Å². The van der Waals surface area contributed by atoms with Crippen LogP contribution < -0.4 is 5.32 Å². The Hall–Kier alpha value is -4.64. The van der Waals surface area contributed by atoms with Crippen LogP contribution in [-0.2, 0) is 47.6 Å². The van der Waals surface area contributed by atoms with Gasteiger partial charge in [0.25, 0.3) is 0 Å². The van der Waals surface area contributed by atoms with Crippen molar-refractivity contribution in [3.05, 3.63) is 58.7 Å². The van der Waals surface area contributed by atoms with Gasteiger partial charge in [-0.3, -0.25) is 14.4 Å². The Labute approximate surface area is 343 Å². The number of aliphatic hydroxyl groups is 3. The summed E-state index contributed by atoms with van der Waals surface area (Å²) >= 11 is 0. The normalized spacial score (nSPS) is 33.2. The Morgan fingerprint density at radius 2 is 1.59 bits per heavy atom. The summed E-state index contributed by atoms with van der Waals surface area (Å²) in [5.74, 6) is -6.27. The summed E-state index contributed by atoms with van der Waals surface area (Å²) in [6, 6.07) is 6.48. The van der Waals surface area contributed by atoms with E-state index in [1.54, 1.807) is 66.7 Å². The standard InChI is InChI=1S/C43H57NO15/c1-21(2)17-26(44-38(52)59-39(6,7)8)31(48)37(51)56-27-19-43(53)35(57-36(50)25-15-13-12-14-16-25)33-41(11,28(47)18-29-42(33,20-54-29)58-24(5)46)34(49)32(55-23(4)45)30(22(27)3)40(43,9)10/h12-17,26-29,31-33,35,47-48,53H,18-20H2,1-11H3,(H,44,52)/t26-,27-,28-,29+,31+,32+,33?,35-,41+,42-,43+/m0/s1. The molecule has 59 heavy (non-hydrogen) atoms. The van der Waals surface area contributed by atoms with E-state index in [2.05, 4.69) is 5.32 Å². The minimum atomic E-state index is -2.38. The van der Waals surface area contributed by atoms with Crippen LogP contribution in [0.15, 0.2) is 53.1 Å². The lowest BCUT2D eigenvalue weighted by molar-refractivity contribution is -0.346. The molecule has 1 aromatic rings. The van der Waals surface area contributed by atoms with E-state index in [1.807, 2.05) is 0 Å². The molecule has 2 saturated carbocycles. The van der Waals surface area contributed by atoms with E-state index >= 15 is 4.79 Å². The molecule has 1 unspecified atom stereocenters. The third-order valence-corrected chi connectivity index (χ3v) is 12.2. The number of hydrogen-bond donors (Lipinski definition) is 4. The SMILES string of the molecule is CC(=O)O[C@H]1C(=O)[C@@]2(C)C([C@H](OC(=O)c3ccccc3)[C@]3(O)C[C@H](OC(=O)[C@H](O)[C@H](C=C(C)C)NC(=O)OC(C)(C)C)C(C)=C1C3(C)C)[C@]1(OC(C)=O)CO[C@@H]1C[C@@H]2O. The predicted molar refractivity (Wildman–Crippen MR) is 207 cm³/mol. The number of amides is 1. The predicted octanol–water partition coefficient (Wildman–Crippen LogP) is 3.42. The Balaban J connectivity index is 1.73. The van der Waals surface area contributed by atoms with Gasteiger partial charge in [-0.25, -0.2) is 14.4 Å².